The maximum atomic E-state index is 8.93. The summed E-state index contributed by atoms with van der Waals surface area (Å²) in [6.07, 6.45) is 3.35. The van der Waals surface area contributed by atoms with Gasteiger partial charge in [-0.05, 0) is 42.0 Å². The van der Waals surface area contributed by atoms with Gasteiger partial charge in [-0.2, -0.15) is 5.26 Å². The van der Waals surface area contributed by atoms with Crippen LogP contribution in [0.4, 0.5) is 11.8 Å². The highest BCUT2D eigenvalue weighted by Gasteiger charge is 2.12. The van der Waals surface area contributed by atoms with E-state index in [-0.39, 0.29) is 0 Å². The van der Waals surface area contributed by atoms with E-state index in [0.717, 1.165) is 27.1 Å². The van der Waals surface area contributed by atoms with Crippen molar-refractivity contribution in [1.29, 1.82) is 5.26 Å². The normalized spacial score (nSPS) is 10.4. The quantitative estimate of drug-likeness (QED) is 0.375. The number of nitrogens with one attached hydrogen (secondary N) is 1. The highest BCUT2D eigenvalue weighted by molar-refractivity contribution is 9.10. The van der Waals surface area contributed by atoms with Crippen molar-refractivity contribution in [3.63, 3.8) is 0 Å². The molecule has 2 aromatic heterocycles. The van der Waals surface area contributed by atoms with Gasteiger partial charge in [-0.3, -0.25) is 0 Å². The summed E-state index contributed by atoms with van der Waals surface area (Å²) in [7, 11) is 0. The number of nitriles is 1. The van der Waals surface area contributed by atoms with Gasteiger partial charge in [-0.25, -0.2) is 15.0 Å². The van der Waals surface area contributed by atoms with Crippen LogP contribution in [0, 0.1) is 17.4 Å². The van der Waals surface area contributed by atoms with E-state index in [1.807, 2.05) is 42.5 Å². The van der Waals surface area contributed by atoms with Crippen molar-refractivity contribution in [2.75, 3.05) is 23.3 Å². The molecule has 0 bridgehead atoms. The molecule has 0 aliphatic carbocycles. The summed E-state index contributed by atoms with van der Waals surface area (Å²) < 4.78 is 1.03. The summed E-state index contributed by atoms with van der Waals surface area (Å²) in [5.74, 6) is 1.38. The van der Waals surface area contributed by atoms with Crippen LogP contribution in [-0.2, 0) is 6.54 Å². The smallest absolute Gasteiger partial charge is 0.226 e. The van der Waals surface area contributed by atoms with Crippen LogP contribution >= 0.6 is 15.9 Å². The van der Waals surface area contributed by atoms with E-state index in [1.54, 1.807) is 24.5 Å². The van der Waals surface area contributed by atoms with Crippen molar-refractivity contribution < 1.29 is 0 Å². The molecule has 0 amide bonds. The minimum absolute atomic E-state index is 0.538. The van der Waals surface area contributed by atoms with Crippen molar-refractivity contribution in [3.8, 4) is 17.3 Å². The lowest BCUT2D eigenvalue weighted by Crippen LogP contribution is -2.30. The van der Waals surface area contributed by atoms with Gasteiger partial charge in [0, 0.05) is 42.1 Å². The number of hydrogen-bond donors (Lipinski definition) is 1. The van der Waals surface area contributed by atoms with E-state index < -0.39 is 0 Å². The molecule has 1 N–H and O–H groups in total. The van der Waals surface area contributed by atoms with E-state index in [1.165, 1.54) is 0 Å². The number of hydrogen-bond acceptors (Lipinski definition) is 6. The van der Waals surface area contributed by atoms with Gasteiger partial charge in [-0.1, -0.05) is 52.3 Å². The zero-order valence-corrected chi connectivity index (χ0v) is 18.8. The fourth-order valence-electron chi connectivity index (χ4n) is 3.21. The van der Waals surface area contributed by atoms with Crippen LogP contribution in [0.25, 0.3) is 11.3 Å². The lowest BCUT2D eigenvalue weighted by Gasteiger charge is -2.23. The highest BCUT2D eigenvalue weighted by atomic mass is 79.9. The lowest BCUT2D eigenvalue weighted by molar-refractivity contribution is 0.770. The van der Waals surface area contributed by atoms with Crippen LogP contribution in [0.15, 0.2) is 83.6 Å². The molecule has 157 valence electrons. The Bertz CT molecular complexity index is 1210. The molecule has 0 unspecified atom stereocenters. The van der Waals surface area contributed by atoms with Crippen LogP contribution in [0.1, 0.15) is 11.1 Å². The molecule has 32 heavy (non-hydrogen) atoms. The summed E-state index contributed by atoms with van der Waals surface area (Å²) in [5, 5.41) is 12.2. The largest absolute Gasteiger partial charge is 0.368 e. The molecular weight excluding hydrogens is 464 g/mol. The first-order valence-corrected chi connectivity index (χ1v) is 10.9. The monoisotopic (exact) mass is 483 g/mol. The maximum absolute atomic E-state index is 8.93. The number of pyridine rings is 1. The number of rotatable bonds is 8. The van der Waals surface area contributed by atoms with Gasteiger partial charge in [-0.15, -0.1) is 0 Å². The van der Waals surface area contributed by atoms with Gasteiger partial charge in [0.1, 0.15) is 11.9 Å². The first kappa shape index (κ1) is 21.5. The van der Waals surface area contributed by atoms with E-state index >= 15 is 0 Å². The average molecular weight is 484 g/mol. The fraction of sp³-hybridized carbons (Fsp3) is 0.120. The Morgan fingerprint density at radius 3 is 2.69 bits per heavy atom. The van der Waals surface area contributed by atoms with Crippen LogP contribution in [0.2, 0.25) is 0 Å². The van der Waals surface area contributed by atoms with Gasteiger partial charge in [0.25, 0.3) is 0 Å². The third-order valence-corrected chi connectivity index (χ3v) is 5.28. The average Bonchev–Trinajstić information content (AvgIpc) is 2.84. The summed E-state index contributed by atoms with van der Waals surface area (Å²) >= 11 is 3.55. The number of nitrogens with zero attached hydrogens (tertiary/aromatic N) is 5. The molecule has 1 radical (unpaired) electrons. The van der Waals surface area contributed by atoms with Crippen molar-refractivity contribution in [2.24, 2.45) is 0 Å². The van der Waals surface area contributed by atoms with Gasteiger partial charge in [0.05, 0.1) is 11.3 Å². The first-order chi connectivity index (χ1) is 15.7. The first-order valence-electron chi connectivity index (χ1n) is 10.1. The topological polar surface area (TPSA) is 77.7 Å². The van der Waals surface area contributed by atoms with Gasteiger partial charge in [0.2, 0.25) is 5.95 Å². The molecule has 4 rings (SSSR count). The SMILES string of the molecule is N#Cc1ccc(NCCN(Cc2cccc(Br)c2)c2nccc(-c3cc[c]cc3)n2)nc1. The molecular formula is C25H20BrN6. The molecule has 0 aliphatic rings. The van der Waals surface area contributed by atoms with Crippen LogP contribution in [0.3, 0.4) is 0 Å². The predicted octanol–water partition coefficient (Wildman–Crippen LogP) is 5.09. The Morgan fingerprint density at radius 2 is 1.94 bits per heavy atom. The van der Waals surface area contributed by atoms with Crippen molar-refractivity contribution in [1.82, 2.24) is 15.0 Å². The summed E-state index contributed by atoms with van der Waals surface area (Å²) in [5.41, 5.74) is 3.58. The van der Waals surface area contributed by atoms with Crippen molar-refractivity contribution in [3.05, 3.63) is 101 Å². The standard InChI is InChI=1S/C25H20BrN6/c26-22-8-4-5-19(15-22)18-32(14-13-28-24-10-9-20(16-27)17-30-24)25-29-12-11-23(31-25)21-6-2-1-3-7-21/h2-12,15,17H,13-14,18H2,(H,28,30). The predicted molar refractivity (Wildman–Crippen MR) is 129 cm³/mol. The molecule has 6 nitrogen and oxygen atoms in total. The molecule has 7 heteroatoms. The number of halogens is 1. The highest BCUT2D eigenvalue weighted by Crippen LogP contribution is 2.21. The molecule has 0 aliphatic heterocycles. The Hall–Kier alpha value is -3.76. The number of aromatic nitrogens is 3. The van der Waals surface area contributed by atoms with E-state index in [9.17, 15) is 0 Å². The molecule has 0 atom stereocenters. The zero-order valence-electron chi connectivity index (χ0n) is 17.2. The van der Waals surface area contributed by atoms with E-state index in [2.05, 4.69) is 60.4 Å². The van der Waals surface area contributed by atoms with Gasteiger partial charge >= 0.3 is 0 Å². The summed E-state index contributed by atoms with van der Waals surface area (Å²) in [4.78, 5) is 15.8. The Morgan fingerprint density at radius 1 is 1.06 bits per heavy atom. The molecule has 0 fully saturated rings. The second-order valence-electron chi connectivity index (χ2n) is 7.05. The van der Waals surface area contributed by atoms with Crippen LogP contribution in [0.5, 0.6) is 0 Å². The molecule has 2 aromatic carbocycles. The molecule has 0 spiro atoms. The summed E-state index contributed by atoms with van der Waals surface area (Å²) in [6, 6.07) is 26.5. The van der Waals surface area contributed by atoms with E-state index in [4.69, 9.17) is 10.2 Å². The van der Waals surface area contributed by atoms with Gasteiger partial charge in [0.15, 0.2) is 0 Å². The van der Waals surface area contributed by atoms with Crippen LogP contribution < -0.4 is 10.2 Å². The van der Waals surface area contributed by atoms with E-state index in [0.29, 0.717) is 31.1 Å². The van der Waals surface area contributed by atoms with Crippen molar-refractivity contribution in [2.45, 2.75) is 6.54 Å². The second kappa shape index (κ2) is 10.5. The Labute approximate surface area is 195 Å². The third-order valence-electron chi connectivity index (χ3n) is 4.78. The van der Waals surface area contributed by atoms with Gasteiger partial charge < -0.3 is 10.2 Å². The Kier molecular flexibility index (Phi) is 7.05. The Balaban J connectivity index is 1.54. The lowest BCUT2D eigenvalue weighted by atomic mass is 10.1. The second-order valence-corrected chi connectivity index (χ2v) is 7.97. The van der Waals surface area contributed by atoms with Crippen LogP contribution in [-0.4, -0.2) is 28.0 Å². The summed E-state index contributed by atoms with van der Waals surface area (Å²) in [6.45, 7) is 1.97. The van der Waals surface area contributed by atoms with Crippen molar-refractivity contribution >= 4 is 27.7 Å². The number of anilines is 2. The number of benzene rings is 2. The minimum atomic E-state index is 0.538. The fourth-order valence-corrected chi connectivity index (χ4v) is 3.65. The molecule has 4 aromatic rings. The minimum Gasteiger partial charge on any atom is -0.368 e. The molecule has 0 saturated carbocycles. The maximum Gasteiger partial charge on any atom is 0.226 e. The molecule has 2 heterocycles. The third kappa shape index (κ3) is 5.68. The molecule has 0 saturated heterocycles. The zero-order chi connectivity index (χ0) is 22.2.